The minimum absolute atomic E-state index is 0.289. The van der Waals surface area contributed by atoms with Crippen LogP contribution in [0.3, 0.4) is 0 Å². The number of hydrogen-bond donors (Lipinski definition) is 1. The van der Waals surface area contributed by atoms with E-state index in [-0.39, 0.29) is 11.5 Å². The molecule has 8 nitrogen and oxygen atoms in total. The van der Waals surface area contributed by atoms with Crippen molar-refractivity contribution in [1.82, 2.24) is 4.98 Å². The van der Waals surface area contributed by atoms with E-state index in [1.54, 1.807) is 0 Å². The molecule has 1 aromatic rings. The van der Waals surface area contributed by atoms with Crippen molar-refractivity contribution in [1.29, 1.82) is 0 Å². The molecule has 0 unspecified atom stereocenters. The first-order valence-electron chi connectivity index (χ1n) is 4.47. The van der Waals surface area contributed by atoms with Crippen molar-refractivity contribution >= 4 is 23.4 Å². The molecule has 0 fully saturated rings. The van der Waals surface area contributed by atoms with Gasteiger partial charge in [-0.25, -0.2) is 9.78 Å². The Morgan fingerprint density at radius 2 is 2.06 bits per heavy atom. The Morgan fingerprint density at radius 1 is 1.47 bits per heavy atom. The van der Waals surface area contributed by atoms with Crippen molar-refractivity contribution in [3.05, 3.63) is 27.9 Å². The fourth-order valence-corrected chi connectivity index (χ4v) is 1.10. The molecule has 1 amide bonds. The number of pyridine rings is 1. The maximum Gasteiger partial charge on any atom is 0.354 e. The number of amides is 1. The number of nitrogens with zero attached hydrogens (tertiary/aromatic N) is 3. The second kappa shape index (κ2) is 4.56. The van der Waals surface area contributed by atoms with Crippen molar-refractivity contribution < 1.29 is 19.6 Å². The number of aromatic carboxylic acids is 1. The summed E-state index contributed by atoms with van der Waals surface area (Å²) < 4.78 is 0. The number of carbonyl (C=O) groups excluding carboxylic acids is 1. The van der Waals surface area contributed by atoms with Crippen LogP contribution in [0.2, 0.25) is 0 Å². The van der Waals surface area contributed by atoms with Crippen LogP contribution >= 0.6 is 0 Å². The summed E-state index contributed by atoms with van der Waals surface area (Å²) in [5.74, 6) is -2.09. The lowest BCUT2D eigenvalue weighted by atomic mass is 10.3. The Kier molecular flexibility index (Phi) is 3.37. The molecule has 0 bridgehead atoms. The fraction of sp³-hybridized carbons (Fsp3) is 0.222. The molecule has 0 spiro atoms. The molecule has 0 aliphatic carbocycles. The Labute approximate surface area is 95.6 Å². The molecule has 8 heteroatoms. The molecular formula is C9H9N3O5. The highest BCUT2D eigenvalue weighted by Crippen LogP contribution is 2.25. The van der Waals surface area contributed by atoms with Gasteiger partial charge in [-0.1, -0.05) is 0 Å². The highest BCUT2D eigenvalue weighted by atomic mass is 16.6. The van der Waals surface area contributed by atoms with Gasteiger partial charge in [0.15, 0.2) is 5.69 Å². The summed E-state index contributed by atoms with van der Waals surface area (Å²) in [6.07, 6.45) is 0. The number of nitro groups is 1. The van der Waals surface area contributed by atoms with Crippen LogP contribution in [0.15, 0.2) is 12.1 Å². The molecule has 0 radical (unpaired) electrons. The molecule has 0 aromatic carbocycles. The number of anilines is 1. The summed E-state index contributed by atoms with van der Waals surface area (Å²) in [7, 11) is 1.28. The van der Waals surface area contributed by atoms with Crippen LogP contribution < -0.4 is 4.90 Å². The van der Waals surface area contributed by atoms with E-state index in [4.69, 9.17) is 5.11 Å². The van der Waals surface area contributed by atoms with Crippen LogP contribution in [0.4, 0.5) is 11.5 Å². The second-order valence-corrected chi connectivity index (χ2v) is 3.18. The molecule has 1 heterocycles. The molecule has 0 atom stereocenters. The first kappa shape index (κ1) is 12.6. The molecule has 1 aromatic heterocycles. The van der Waals surface area contributed by atoms with E-state index in [9.17, 15) is 19.7 Å². The second-order valence-electron chi connectivity index (χ2n) is 3.18. The minimum Gasteiger partial charge on any atom is -0.477 e. The van der Waals surface area contributed by atoms with Crippen LogP contribution in [0.5, 0.6) is 0 Å². The predicted molar refractivity (Wildman–Crippen MR) is 56.9 cm³/mol. The van der Waals surface area contributed by atoms with Crippen molar-refractivity contribution in [2.45, 2.75) is 6.92 Å². The molecule has 0 saturated carbocycles. The Bertz CT molecular complexity index is 499. The zero-order chi connectivity index (χ0) is 13.2. The van der Waals surface area contributed by atoms with Gasteiger partial charge in [0.05, 0.1) is 4.92 Å². The van der Waals surface area contributed by atoms with E-state index >= 15 is 0 Å². The van der Waals surface area contributed by atoms with Gasteiger partial charge in [0.2, 0.25) is 11.7 Å². The van der Waals surface area contributed by atoms with E-state index in [2.05, 4.69) is 4.98 Å². The zero-order valence-corrected chi connectivity index (χ0v) is 9.08. The highest BCUT2D eigenvalue weighted by molar-refractivity contribution is 5.93. The number of hydrogen-bond acceptors (Lipinski definition) is 5. The average Bonchev–Trinajstić information content (AvgIpc) is 2.26. The third-order valence-electron chi connectivity index (χ3n) is 2.06. The van der Waals surface area contributed by atoms with Gasteiger partial charge < -0.3 is 5.11 Å². The minimum atomic E-state index is -1.32. The van der Waals surface area contributed by atoms with Crippen LogP contribution in [0.1, 0.15) is 17.4 Å². The summed E-state index contributed by atoms with van der Waals surface area (Å²) in [6.45, 7) is 1.19. The molecule has 0 aliphatic heterocycles. The maximum absolute atomic E-state index is 11.1. The topological polar surface area (TPSA) is 114 Å². The molecular weight excluding hydrogens is 230 g/mol. The summed E-state index contributed by atoms with van der Waals surface area (Å²) >= 11 is 0. The Morgan fingerprint density at radius 3 is 2.47 bits per heavy atom. The summed E-state index contributed by atoms with van der Waals surface area (Å²) in [4.78, 5) is 36.3. The lowest BCUT2D eigenvalue weighted by molar-refractivity contribution is -0.384. The quantitative estimate of drug-likeness (QED) is 0.612. The first-order valence-corrected chi connectivity index (χ1v) is 4.47. The van der Waals surface area contributed by atoms with Crippen molar-refractivity contribution in [3.63, 3.8) is 0 Å². The lowest BCUT2D eigenvalue weighted by Gasteiger charge is -2.13. The molecule has 0 aliphatic rings. The molecule has 1 rings (SSSR count). The highest BCUT2D eigenvalue weighted by Gasteiger charge is 2.23. The van der Waals surface area contributed by atoms with Crippen LogP contribution in [0.25, 0.3) is 0 Å². The SMILES string of the molecule is CC(=O)N(C)c1nc(C(=O)O)ccc1[N+](=O)[O-]. The Balaban J connectivity index is 3.40. The maximum atomic E-state index is 11.1. The molecule has 0 saturated heterocycles. The summed E-state index contributed by atoms with van der Waals surface area (Å²) in [6, 6.07) is 2.02. The number of carboxylic acids is 1. The third-order valence-corrected chi connectivity index (χ3v) is 2.06. The smallest absolute Gasteiger partial charge is 0.354 e. The van der Waals surface area contributed by atoms with Gasteiger partial charge in [0.1, 0.15) is 0 Å². The zero-order valence-electron chi connectivity index (χ0n) is 9.08. The standard InChI is InChI=1S/C9H9N3O5/c1-5(13)11(2)8-7(12(16)17)4-3-6(10-8)9(14)15/h3-4H,1-2H3,(H,14,15). The normalized spacial score (nSPS) is 9.76. The Hall–Kier alpha value is -2.51. The number of carboxylic acid groups (broad SMARTS) is 1. The van der Waals surface area contributed by atoms with Gasteiger partial charge in [-0.15, -0.1) is 0 Å². The van der Waals surface area contributed by atoms with Crippen LogP contribution in [0, 0.1) is 10.1 Å². The van der Waals surface area contributed by atoms with Gasteiger partial charge in [0, 0.05) is 20.0 Å². The number of rotatable bonds is 3. The monoisotopic (exact) mass is 239 g/mol. The van der Waals surface area contributed by atoms with E-state index in [0.29, 0.717) is 0 Å². The van der Waals surface area contributed by atoms with Crippen LogP contribution in [-0.2, 0) is 4.79 Å². The fourth-order valence-electron chi connectivity index (χ4n) is 1.10. The predicted octanol–water partition coefficient (Wildman–Crippen LogP) is 0.671. The van der Waals surface area contributed by atoms with E-state index < -0.39 is 22.5 Å². The van der Waals surface area contributed by atoms with E-state index in [1.807, 2.05) is 0 Å². The van der Waals surface area contributed by atoms with Crippen molar-refractivity contribution in [2.75, 3.05) is 11.9 Å². The van der Waals surface area contributed by atoms with Crippen molar-refractivity contribution in [2.24, 2.45) is 0 Å². The van der Waals surface area contributed by atoms with Gasteiger partial charge in [-0.05, 0) is 6.07 Å². The van der Waals surface area contributed by atoms with E-state index in [0.717, 1.165) is 17.0 Å². The molecule has 17 heavy (non-hydrogen) atoms. The summed E-state index contributed by atoms with van der Waals surface area (Å²) in [5.41, 5.74) is -0.786. The van der Waals surface area contributed by atoms with Gasteiger partial charge >= 0.3 is 11.7 Å². The number of carbonyl (C=O) groups is 2. The molecule has 90 valence electrons. The molecule has 1 N–H and O–H groups in total. The van der Waals surface area contributed by atoms with Crippen molar-refractivity contribution in [3.8, 4) is 0 Å². The number of aromatic nitrogens is 1. The van der Waals surface area contributed by atoms with Gasteiger partial charge in [-0.2, -0.15) is 0 Å². The largest absolute Gasteiger partial charge is 0.477 e. The van der Waals surface area contributed by atoms with Gasteiger partial charge in [0.25, 0.3) is 0 Å². The lowest BCUT2D eigenvalue weighted by Crippen LogP contribution is -2.25. The van der Waals surface area contributed by atoms with E-state index in [1.165, 1.54) is 14.0 Å². The average molecular weight is 239 g/mol. The first-order chi connectivity index (χ1) is 7.84. The van der Waals surface area contributed by atoms with Crippen LogP contribution in [-0.4, -0.2) is 33.9 Å². The third kappa shape index (κ3) is 2.54. The van der Waals surface area contributed by atoms with Gasteiger partial charge in [-0.3, -0.25) is 19.8 Å². The summed E-state index contributed by atoms with van der Waals surface area (Å²) in [5, 5.41) is 19.4.